The normalized spacial score (nSPS) is 14.3. The summed E-state index contributed by atoms with van der Waals surface area (Å²) in [6.45, 7) is 2.26. The van der Waals surface area contributed by atoms with Gasteiger partial charge in [-0.15, -0.1) is 23.7 Å². The van der Waals surface area contributed by atoms with Gasteiger partial charge in [-0.05, 0) is 61.2 Å². The van der Waals surface area contributed by atoms with Gasteiger partial charge in [-0.1, -0.05) is 0 Å². The van der Waals surface area contributed by atoms with Crippen LogP contribution in [0.2, 0.25) is 0 Å². The standard InChI is InChI=1S/C20H22N2O2S.ClH/c1-23-18-8-6-15(13-19(18)24-2)16(14-21)12-17-7-9-20(25-17)22-10-4-3-5-11-22;/h6-9,12-13H,3-5,10-11H2,1-2H3;1H. The lowest BCUT2D eigenvalue weighted by atomic mass is 10.1. The molecular formula is C20H23ClN2O2S. The number of benzene rings is 1. The van der Waals surface area contributed by atoms with Gasteiger partial charge in [0.2, 0.25) is 0 Å². The molecular weight excluding hydrogens is 368 g/mol. The highest BCUT2D eigenvalue weighted by Gasteiger charge is 2.13. The van der Waals surface area contributed by atoms with E-state index in [0.29, 0.717) is 17.1 Å². The summed E-state index contributed by atoms with van der Waals surface area (Å²) >= 11 is 1.74. The molecule has 1 aliphatic heterocycles. The third kappa shape index (κ3) is 4.51. The maximum Gasteiger partial charge on any atom is 0.161 e. The van der Waals surface area contributed by atoms with Crippen LogP contribution in [0.25, 0.3) is 11.6 Å². The molecule has 0 spiro atoms. The molecule has 0 unspecified atom stereocenters. The molecule has 0 radical (unpaired) electrons. The van der Waals surface area contributed by atoms with E-state index in [-0.39, 0.29) is 12.4 Å². The fourth-order valence-electron chi connectivity index (χ4n) is 3.03. The molecule has 1 aromatic carbocycles. The lowest BCUT2D eigenvalue weighted by molar-refractivity contribution is 0.355. The first-order valence-electron chi connectivity index (χ1n) is 8.44. The molecule has 2 heterocycles. The van der Waals surface area contributed by atoms with Crippen molar-refractivity contribution in [1.29, 1.82) is 5.26 Å². The van der Waals surface area contributed by atoms with E-state index in [1.54, 1.807) is 25.6 Å². The zero-order valence-electron chi connectivity index (χ0n) is 15.0. The number of ether oxygens (including phenoxy) is 2. The molecule has 138 valence electrons. The highest BCUT2D eigenvalue weighted by atomic mass is 35.5. The zero-order valence-corrected chi connectivity index (χ0v) is 16.7. The lowest BCUT2D eigenvalue weighted by Gasteiger charge is -2.27. The molecule has 2 aromatic rings. The van der Waals surface area contributed by atoms with Crippen LogP contribution in [0.3, 0.4) is 0 Å². The van der Waals surface area contributed by atoms with Crippen molar-refractivity contribution in [3.05, 3.63) is 40.8 Å². The van der Waals surface area contributed by atoms with E-state index in [1.165, 1.54) is 24.3 Å². The number of anilines is 1. The number of thiophene rings is 1. The average Bonchev–Trinajstić information content (AvgIpc) is 3.15. The number of allylic oxidation sites excluding steroid dienone is 1. The highest BCUT2D eigenvalue weighted by Crippen LogP contribution is 2.33. The molecule has 26 heavy (non-hydrogen) atoms. The molecule has 4 nitrogen and oxygen atoms in total. The monoisotopic (exact) mass is 390 g/mol. The first-order valence-corrected chi connectivity index (χ1v) is 9.26. The number of hydrogen-bond donors (Lipinski definition) is 0. The van der Waals surface area contributed by atoms with Crippen molar-refractivity contribution < 1.29 is 9.47 Å². The van der Waals surface area contributed by atoms with Crippen molar-refractivity contribution in [3.8, 4) is 17.6 Å². The molecule has 0 N–H and O–H groups in total. The predicted octanol–water partition coefficient (Wildman–Crippen LogP) is 5.24. The number of rotatable bonds is 5. The summed E-state index contributed by atoms with van der Waals surface area (Å²) in [5.74, 6) is 1.29. The summed E-state index contributed by atoms with van der Waals surface area (Å²) in [6, 6.07) is 12.1. The molecule has 6 heteroatoms. The topological polar surface area (TPSA) is 45.5 Å². The van der Waals surface area contributed by atoms with E-state index in [4.69, 9.17) is 9.47 Å². The molecule has 3 rings (SSSR count). The Morgan fingerprint density at radius 1 is 1.08 bits per heavy atom. The van der Waals surface area contributed by atoms with Gasteiger partial charge in [-0.3, -0.25) is 0 Å². The zero-order chi connectivity index (χ0) is 17.6. The van der Waals surface area contributed by atoms with Crippen LogP contribution < -0.4 is 14.4 Å². The van der Waals surface area contributed by atoms with Crippen LogP contribution in [0.1, 0.15) is 29.7 Å². The summed E-state index contributed by atoms with van der Waals surface area (Å²) in [7, 11) is 3.20. The Morgan fingerprint density at radius 3 is 2.46 bits per heavy atom. The van der Waals surface area contributed by atoms with Crippen LogP contribution in [-0.2, 0) is 0 Å². The van der Waals surface area contributed by atoms with Crippen LogP contribution in [0.15, 0.2) is 30.3 Å². The van der Waals surface area contributed by atoms with Gasteiger partial charge in [0.05, 0.1) is 30.9 Å². The second-order valence-electron chi connectivity index (χ2n) is 5.96. The summed E-state index contributed by atoms with van der Waals surface area (Å²) in [5, 5.41) is 10.9. The van der Waals surface area contributed by atoms with Crippen molar-refractivity contribution in [2.75, 3.05) is 32.2 Å². The Morgan fingerprint density at radius 2 is 1.81 bits per heavy atom. The van der Waals surface area contributed by atoms with E-state index in [9.17, 15) is 5.26 Å². The van der Waals surface area contributed by atoms with Crippen molar-refractivity contribution in [2.24, 2.45) is 0 Å². The SMILES string of the molecule is COc1ccc(C(C#N)=Cc2ccc(N3CCCCC3)s2)cc1OC.Cl. The number of halogens is 1. The molecule has 1 aliphatic rings. The Balaban J connectivity index is 0.00000243. The quantitative estimate of drug-likeness (QED) is 0.655. The van der Waals surface area contributed by atoms with E-state index in [2.05, 4.69) is 23.1 Å². The Hall–Kier alpha value is -2.16. The van der Waals surface area contributed by atoms with Crippen LogP contribution in [0.5, 0.6) is 11.5 Å². The highest BCUT2D eigenvalue weighted by molar-refractivity contribution is 7.17. The Labute approximate surface area is 165 Å². The number of piperidine rings is 1. The minimum absolute atomic E-state index is 0. The molecule has 0 atom stereocenters. The van der Waals surface area contributed by atoms with Crippen LogP contribution >= 0.6 is 23.7 Å². The largest absolute Gasteiger partial charge is 0.493 e. The number of methoxy groups -OCH3 is 2. The molecule has 0 aliphatic carbocycles. The molecule has 0 saturated carbocycles. The van der Waals surface area contributed by atoms with Crippen LogP contribution in [0, 0.1) is 11.3 Å². The Bertz CT molecular complexity index is 804. The van der Waals surface area contributed by atoms with Crippen LogP contribution in [-0.4, -0.2) is 27.3 Å². The van der Waals surface area contributed by atoms with Gasteiger partial charge in [0.15, 0.2) is 11.5 Å². The minimum Gasteiger partial charge on any atom is -0.493 e. The smallest absolute Gasteiger partial charge is 0.161 e. The summed E-state index contributed by atoms with van der Waals surface area (Å²) in [4.78, 5) is 3.53. The van der Waals surface area contributed by atoms with Gasteiger partial charge in [-0.2, -0.15) is 5.26 Å². The second kappa shape index (κ2) is 9.51. The van der Waals surface area contributed by atoms with Gasteiger partial charge in [-0.25, -0.2) is 0 Å². The van der Waals surface area contributed by atoms with E-state index in [1.807, 2.05) is 24.3 Å². The Kier molecular flexibility index (Phi) is 7.38. The third-order valence-corrected chi connectivity index (χ3v) is 5.47. The predicted molar refractivity (Wildman–Crippen MR) is 111 cm³/mol. The van der Waals surface area contributed by atoms with Crippen molar-refractivity contribution in [3.63, 3.8) is 0 Å². The van der Waals surface area contributed by atoms with Gasteiger partial charge in [0.1, 0.15) is 0 Å². The van der Waals surface area contributed by atoms with Gasteiger partial charge >= 0.3 is 0 Å². The van der Waals surface area contributed by atoms with E-state index in [0.717, 1.165) is 23.5 Å². The second-order valence-corrected chi connectivity index (χ2v) is 7.06. The molecule has 1 aromatic heterocycles. The maximum absolute atomic E-state index is 9.59. The van der Waals surface area contributed by atoms with Crippen molar-refractivity contribution in [1.82, 2.24) is 0 Å². The van der Waals surface area contributed by atoms with Crippen LogP contribution in [0.4, 0.5) is 5.00 Å². The fraction of sp³-hybridized carbons (Fsp3) is 0.350. The summed E-state index contributed by atoms with van der Waals surface area (Å²) < 4.78 is 10.6. The number of hydrogen-bond acceptors (Lipinski definition) is 5. The molecule has 0 bridgehead atoms. The van der Waals surface area contributed by atoms with Gasteiger partial charge in [0.25, 0.3) is 0 Å². The fourth-order valence-corrected chi connectivity index (χ4v) is 4.03. The third-order valence-electron chi connectivity index (χ3n) is 4.38. The average molecular weight is 391 g/mol. The molecule has 0 amide bonds. The first kappa shape index (κ1) is 20.2. The first-order chi connectivity index (χ1) is 12.2. The minimum atomic E-state index is 0. The van der Waals surface area contributed by atoms with Crippen molar-refractivity contribution in [2.45, 2.75) is 19.3 Å². The number of nitriles is 1. The summed E-state index contributed by atoms with van der Waals surface area (Å²) in [6.07, 6.45) is 5.79. The van der Waals surface area contributed by atoms with Crippen molar-refractivity contribution >= 4 is 40.4 Å². The van der Waals surface area contributed by atoms with Gasteiger partial charge in [0, 0.05) is 18.0 Å². The van der Waals surface area contributed by atoms with E-state index >= 15 is 0 Å². The summed E-state index contributed by atoms with van der Waals surface area (Å²) in [5.41, 5.74) is 1.45. The molecule has 1 fully saturated rings. The number of nitrogens with zero attached hydrogens (tertiary/aromatic N) is 2. The van der Waals surface area contributed by atoms with E-state index < -0.39 is 0 Å². The lowest BCUT2D eigenvalue weighted by Crippen LogP contribution is -2.28. The molecule has 1 saturated heterocycles. The maximum atomic E-state index is 9.59. The van der Waals surface area contributed by atoms with Gasteiger partial charge < -0.3 is 14.4 Å².